The number of fused-ring (bicyclic) bond motifs is 5. The summed E-state index contributed by atoms with van der Waals surface area (Å²) in [5.41, 5.74) is 8.91. The summed E-state index contributed by atoms with van der Waals surface area (Å²) >= 11 is 0. The minimum Gasteiger partial charge on any atom is -0.0804 e. The maximum atomic E-state index is 2.73. The van der Waals surface area contributed by atoms with Gasteiger partial charge in [-0.1, -0.05) is 66.5 Å². The molecule has 0 aliphatic heterocycles. The minimum absolute atomic E-state index is 0.275. The van der Waals surface area contributed by atoms with Gasteiger partial charge in [-0.2, -0.15) is 0 Å². The lowest BCUT2D eigenvalue weighted by atomic mass is 9.49. The van der Waals surface area contributed by atoms with E-state index in [2.05, 4.69) is 71.9 Å². The van der Waals surface area contributed by atoms with Gasteiger partial charge in [0.05, 0.1) is 0 Å². The molecule has 2 fully saturated rings. The Bertz CT molecular complexity index is 786. The summed E-state index contributed by atoms with van der Waals surface area (Å²) in [6.07, 6.45) is 14.3. The molecular formula is C24H30. The van der Waals surface area contributed by atoms with E-state index >= 15 is 0 Å². The molecule has 0 nitrogen and oxygen atoms in total. The molecular weight excluding hydrogens is 288 g/mol. The zero-order valence-electron chi connectivity index (χ0n) is 16.0. The van der Waals surface area contributed by atoms with Gasteiger partial charge in [-0.05, 0) is 62.9 Å². The Labute approximate surface area is 147 Å². The molecule has 5 rings (SSSR count). The van der Waals surface area contributed by atoms with Crippen LogP contribution in [0.2, 0.25) is 0 Å². The molecule has 24 heavy (non-hydrogen) atoms. The maximum absolute atomic E-state index is 2.73. The van der Waals surface area contributed by atoms with Crippen molar-refractivity contribution in [3.05, 3.63) is 58.2 Å². The molecule has 5 aliphatic rings. The van der Waals surface area contributed by atoms with E-state index in [1.165, 1.54) is 12.0 Å². The third-order valence-electron chi connectivity index (χ3n) is 8.09. The van der Waals surface area contributed by atoms with Gasteiger partial charge in [0.25, 0.3) is 0 Å². The van der Waals surface area contributed by atoms with Gasteiger partial charge in [0, 0.05) is 17.3 Å². The third kappa shape index (κ3) is 1.40. The van der Waals surface area contributed by atoms with Crippen LogP contribution in [0.5, 0.6) is 0 Å². The second-order valence-electron chi connectivity index (χ2n) is 9.87. The summed E-state index contributed by atoms with van der Waals surface area (Å²) in [4.78, 5) is 0. The largest absolute Gasteiger partial charge is 0.0804 e. The number of allylic oxidation sites excluding steroid dienone is 10. The van der Waals surface area contributed by atoms with Gasteiger partial charge in [-0.15, -0.1) is 0 Å². The summed E-state index contributed by atoms with van der Waals surface area (Å²) in [7, 11) is 0. The van der Waals surface area contributed by atoms with Crippen LogP contribution in [0.15, 0.2) is 58.2 Å². The van der Waals surface area contributed by atoms with E-state index in [1.54, 1.807) is 22.3 Å². The number of hydrogen-bond donors (Lipinski definition) is 0. The van der Waals surface area contributed by atoms with Crippen LogP contribution in [0.4, 0.5) is 0 Å². The fourth-order valence-corrected chi connectivity index (χ4v) is 7.40. The Hall–Kier alpha value is -1.30. The zero-order chi connectivity index (χ0) is 17.0. The van der Waals surface area contributed by atoms with Crippen molar-refractivity contribution in [2.45, 2.75) is 48.0 Å². The summed E-state index contributed by atoms with van der Waals surface area (Å²) in [5, 5.41) is 0. The predicted octanol–water partition coefficient (Wildman–Crippen LogP) is 6.25. The fourth-order valence-electron chi connectivity index (χ4n) is 7.40. The normalized spacial score (nSPS) is 45.6. The maximum Gasteiger partial charge on any atom is 0.00927 e. The summed E-state index contributed by atoms with van der Waals surface area (Å²) in [6.45, 7) is 14.3. The molecule has 126 valence electrons. The highest BCUT2D eigenvalue weighted by molar-refractivity contribution is 5.56. The second kappa shape index (κ2) is 4.26. The molecule has 0 heteroatoms. The lowest BCUT2D eigenvalue weighted by molar-refractivity contribution is 0.133. The summed E-state index contributed by atoms with van der Waals surface area (Å²) in [6, 6.07) is 0. The average Bonchev–Trinajstić information content (AvgIpc) is 3.23. The highest BCUT2D eigenvalue weighted by Gasteiger charge is 2.69. The summed E-state index contributed by atoms with van der Waals surface area (Å²) < 4.78 is 0. The van der Waals surface area contributed by atoms with E-state index in [9.17, 15) is 0 Å². The van der Waals surface area contributed by atoms with Gasteiger partial charge in [0.2, 0.25) is 0 Å². The molecule has 6 atom stereocenters. The first kappa shape index (κ1) is 15.0. The highest BCUT2D eigenvalue weighted by atomic mass is 14.7. The number of rotatable bonds is 0. The van der Waals surface area contributed by atoms with Crippen LogP contribution in [0.25, 0.3) is 0 Å². The van der Waals surface area contributed by atoms with Crippen molar-refractivity contribution in [3.8, 4) is 0 Å². The lowest BCUT2D eigenvalue weighted by Crippen LogP contribution is -2.47. The van der Waals surface area contributed by atoms with Crippen molar-refractivity contribution in [2.24, 2.45) is 40.4 Å². The van der Waals surface area contributed by atoms with Crippen LogP contribution in [-0.4, -0.2) is 0 Å². The Kier molecular flexibility index (Phi) is 2.66. The minimum atomic E-state index is 0.275. The molecule has 0 aromatic carbocycles. The fraction of sp³-hybridized carbons (Fsp3) is 0.583. The monoisotopic (exact) mass is 318 g/mol. The molecule has 0 aromatic heterocycles. The van der Waals surface area contributed by atoms with Crippen molar-refractivity contribution in [3.63, 3.8) is 0 Å². The Morgan fingerprint density at radius 1 is 0.958 bits per heavy atom. The molecule has 6 unspecified atom stereocenters. The highest BCUT2D eigenvalue weighted by Crippen LogP contribution is 2.77. The van der Waals surface area contributed by atoms with Gasteiger partial charge < -0.3 is 0 Å². The van der Waals surface area contributed by atoms with Gasteiger partial charge >= 0.3 is 0 Å². The van der Waals surface area contributed by atoms with Gasteiger partial charge in [0.15, 0.2) is 0 Å². The third-order valence-corrected chi connectivity index (χ3v) is 8.09. The van der Waals surface area contributed by atoms with Crippen molar-refractivity contribution in [1.82, 2.24) is 0 Å². The van der Waals surface area contributed by atoms with Crippen molar-refractivity contribution >= 4 is 0 Å². The predicted molar refractivity (Wildman–Crippen MR) is 101 cm³/mol. The molecule has 0 heterocycles. The van der Waals surface area contributed by atoms with Crippen LogP contribution in [0.3, 0.4) is 0 Å². The van der Waals surface area contributed by atoms with Gasteiger partial charge in [-0.25, -0.2) is 0 Å². The molecule has 0 N–H and O–H groups in total. The lowest BCUT2D eigenvalue weighted by Gasteiger charge is -2.54. The van der Waals surface area contributed by atoms with Crippen LogP contribution in [0.1, 0.15) is 48.0 Å². The second-order valence-corrected chi connectivity index (χ2v) is 9.87. The van der Waals surface area contributed by atoms with Crippen molar-refractivity contribution in [2.75, 3.05) is 0 Å². The first-order valence-electron chi connectivity index (χ1n) is 9.74. The molecule has 0 amide bonds. The van der Waals surface area contributed by atoms with E-state index in [1.807, 2.05) is 0 Å². The first-order chi connectivity index (χ1) is 11.3. The van der Waals surface area contributed by atoms with E-state index < -0.39 is 0 Å². The average molecular weight is 319 g/mol. The molecule has 4 bridgehead atoms. The van der Waals surface area contributed by atoms with Crippen LogP contribution < -0.4 is 0 Å². The molecule has 0 saturated heterocycles. The van der Waals surface area contributed by atoms with Crippen molar-refractivity contribution < 1.29 is 0 Å². The molecule has 0 aromatic rings. The zero-order valence-corrected chi connectivity index (χ0v) is 16.0. The molecule has 1 spiro atoms. The van der Waals surface area contributed by atoms with Crippen LogP contribution >= 0.6 is 0 Å². The quantitative estimate of drug-likeness (QED) is 0.463. The molecule has 2 saturated carbocycles. The Morgan fingerprint density at radius 2 is 1.67 bits per heavy atom. The van der Waals surface area contributed by atoms with Crippen LogP contribution in [-0.2, 0) is 0 Å². The smallest absolute Gasteiger partial charge is 0.00927 e. The van der Waals surface area contributed by atoms with E-state index in [-0.39, 0.29) is 5.41 Å². The van der Waals surface area contributed by atoms with E-state index in [4.69, 9.17) is 0 Å². The summed E-state index contributed by atoms with van der Waals surface area (Å²) in [5.74, 6) is 3.49. The SMILES string of the molecule is CC(C)=C1C=CC2C1C1C=C3C(C)(C)C4C=CC(C4=C(C)C)C32C1. The van der Waals surface area contributed by atoms with Gasteiger partial charge in [-0.3, -0.25) is 0 Å². The van der Waals surface area contributed by atoms with Crippen LogP contribution in [0, 0.1) is 40.4 Å². The molecule has 0 radical (unpaired) electrons. The van der Waals surface area contributed by atoms with E-state index in [0.717, 1.165) is 17.8 Å². The van der Waals surface area contributed by atoms with Crippen molar-refractivity contribution in [1.29, 1.82) is 0 Å². The Morgan fingerprint density at radius 3 is 2.33 bits per heavy atom. The van der Waals surface area contributed by atoms with E-state index in [0.29, 0.717) is 17.3 Å². The molecule has 5 aliphatic carbocycles. The Balaban J connectivity index is 1.77. The topological polar surface area (TPSA) is 0 Å². The standard InChI is InChI=1S/C24H30/c1-13(2)16-7-8-19-22(16)15-11-20-23(5,6)17-9-10-18(21(17)14(3)4)24(19,20)12-15/h7-11,15,17-19,22H,12H2,1-6H3. The van der Waals surface area contributed by atoms with Gasteiger partial charge in [0.1, 0.15) is 0 Å². The number of hydrogen-bond acceptors (Lipinski definition) is 0. The first-order valence-corrected chi connectivity index (χ1v) is 9.74.